The van der Waals surface area contributed by atoms with E-state index < -0.39 is 0 Å². The number of nitrogens with two attached hydrogens (primary N) is 1. The number of aliphatic imine (C=N–C) groups is 1. The summed E-state index contributed by atoms with van der Waals surface area (Å²) >= 11 is 12.3. The number of nitrogens with one attached hydrogen (secondary N) is 1. The topological polar surface area (TPSA) is 67.5 Å². The van der Waals surface area contributed by atoms with Crippen LogP contribution >= 0.6 is 23.2 Å². The molecule has 0 atom stereocenters. The summed E-state index contributed by atoms with van der Waals surface area (Å²) < 4.78 is 0. The van der Waals surface area contributed by atoms with Crippen LogP contribution in [0.2, 0.25) is 10.0 Å². The number of halogens is 2. The molecule has 2 rings (SSSR count). The molecular formula is C21H21Cl2N3O. The van der Waals surface area contributed by atoms with Crippen LogP contribution in [0, 0.1) is 0 Å². The van der Waals surface area contributed by atoms with E-state index in [2.05, 4.69) is 16.9 Å². The van der Waals surface area contributed by atoms with E-state index >= 15 is 0 Å². The zero-order valence-corrected chi connectivity index (χ0v) is 16.5. The van der Waals surface area contributed by atoms with Gasteiger partial charge in [-0.05, 0) is 48.7 Å². The normalized spacial score (nSPS) is 11.6. The second kappa shape index (κ2) is 9.95. The number of rotatable bonds is 7. The molecule has 0 aliphatic rings. The molecule has 4 nitrogen and oxygen atoms in total. The summed E-state index contributed by atoms with van der Waals surface area (Å²) in [4.78, 5) is 16.5. The van der Waals surface area contributed by atoms with Crippen molar-refractivity contribution in [3.63, 3.8) is 0 Å². The van der Waals surface area contributed by atoms with Gasteiger partial charge in [0.1, 0.15) is 0 Å². The smallest absolute Gasteiger partial charge is 0.252 e. The summed E-state index contributed by atoms with van der Waals surface area (Å²) in [7, 11) is 0. The minimum Gasteiger partial charge on any atom is -0.398 e. The van der Waals surface area contributed by atoms with Crippen molar-refractivity contribution in [2.24, 2.45) is 10.7 Å². The number of benzene rings is 2. The van der Waals surface area contributed by atoms with Gasteiger partial charge in [-0.25, -0.2) is 0 Å². The van der Waals surface area contributed by atoms with Crippen molar-refractivity contribution < 1.29 is 4.79 Å². The largest absolute Gasteiger partial charge is 0.398 e. The lowest BCUT2D eigenvalue weighted by Gasteiger charge is -2.10. The van der Waals surface area contributed by atoms with Crippen molar-refractivity contribution in [3.05, 3.63) is 87.6 Å². The molecule has 0 bridgehead atoms. The molecule has 0 aromatic heterocycles. The second-order valence-electron chi connectivity index (χ2n) is 5.93. The number of nitrogens with zero attached hydrogens (tertiary/aromatic N) is 1. The molecule has 0 aliphatic heterocycles. The Morgan fingerprint density at radius 3 is 2.67 bits per heavy atom. The molecule has 0 aliphatic carbocycles. The van der Waals surface area contributed by atoms with Crippen LogP contribution in [-0.2, 0) is 6.42 Å². The Kier molecular flexibility index (Phi) is 7.65. The molecule has 0 saturated heterocycles. The molecular weight excluding hydrogens is 381 g/mol. The van der Waals surface area contributed by atoms with Crippen LogP contribution in [0.3, 0.4) is 0 Å². The minimum absolute atomic E-state index is 0.266. The summed E-state index contributed by atoms with van der Waals surface area (Å²) in [5, 5.41) is 3.90. The Morgan fingerprint density at radius 1 is 1.22 bits per heavy atom. The van der Waals surface area contributed by atoms with Gasteiger partial charge in [0, 0.05) is 29.2 Å². The van der Waals surface area contributed by atoms with Crippen molar-refractivity contribution in [3.8, 4) is 0 Å². The lowest BCUT2D eigenvalue weighted by molar-refractivity contribution is 0.0954. The summed E-state index contributed by atoms with van der Waals surface area (Å²) in [6, 6.07) is 12.6. The lowest BCUT2D eigenvalue weighted by Crippen LogP contribution is -2.26. The van der Waals surface area contributed by atoms with Gasteiger partial charge in [0.15, 0.2) is 0 Å². The third-order valence-corrected chi connectivity index (χ3v) is 4.43. The minimum atomic E-state index is -0.266. The van der Waals surface area contributed by atoms with Gasteiger partial charge in [-0.15, -0.1) is 0 Å². The van der Waals surface area contributed by atoms with E-state index in [0.717, 1.165) is 5.56 Å². The average molecular weight is 402 g/mol. The SMILES string of the molecule is C=C(C)/N=C\C=C(/N)c1ccc(Cl)c(C(=O)NCCc2ccccc2Cl)c1. The highest BCUT2D eigenvalue weighted by molar-refractivity contribution is 6.34. The molecule has 0 heterocycles. The van der Waals surface area contributed by atoms with Crippen molar-refractivity contribution >= 4 is 41.0 Å². The van der Waals surface area contributed by atoms with E-state index in [1.54, 1.807) is 37.4 Å². The number of hydrogen-bond acceptors (Lipinski definition) is 3. The van der Waals surface area contributed by atoms with Gasteiger partial charge in [-0.3, -0.25) is 9.79 Å². The van der Waals surface area contributed by atoms with Gasteiger partial charge >= 0.3 is 0 Å². The van der Waals surface area contributed by atoms with Crippen LogP contribution in [0.25, 0.3) is 5.70 Å². The first-order valence-corrected chi connectivity index (χ1v) is 9.11. The fourth-order valence-electron chi connectivity index (χ4n) is 2.33. The predicted octanol–water partition coefficient (Wildman–Crippen LogP) is 4.87. The molecule has 0 spiro atoms. The predicted molar refractivity (Wildman–Crippen MR) is 114 cm³/mol. The zero-order chi connectivity index (χ0) is 19.8. The Balaban J connectivity index is 2.07. The molecule has 3 N–H and O–H groups in total. The summed E-state index contributed by atoms with van der Waals surface area (Å²) in [6.45, 7) is 5.91. The number of allylic oxidation sites excluding steroid dienone is 2. The standard InChI is InChI=1S/C21H21Cl2N3O/c1-14(2)25-12-10-20(24)16-7-8-19(23)17(13-16)21(27)26-11-9-15-5-3-4-6-18(15)22/h3-8,10,12-13H,1,9,11,24H2,2H3,(H,26,27)/b20-10-,25-12-. The van der Waals surface area contributed by atoms with Crippen LogP contribution in [0.1, 0.15) is 28.4 Å². The molecule has 2 aromatic rings. The summed E-state index contributed by atoms with van der Waals surface area (Å²) in [5.74, 6) is -0.266. The van der Waals surface area contributed by atoms with E-state index in [0.29, 0.717) is 45.5 Å². The highest BCUT2D eigenvalue weighted by Crippen LogP contribution is 2.20. The lowest BCUT2D eigenvalue weighted by atomic mass is 10.1. The number of amides is 1. The van der Waals surface area contributed by atoms with Crippen molar-refractivity contribution in [2.75, 3.05) is 6.54 Å². The number of carbonyl (C=O) groups excluding carboxylic acids is 1. The maximum atomic E-state index is 12.5. The van der Waals surface area contributed by atoms with Crippen LogP contribution in [0.5, 0.6) is 0 Å². The van der Waals surface area contributed by atoms with Gasteiger partial charge in [0.05, 0.1) is 10.6 Å². The van der Waals surface area contributed by atoms with Crippen molar-refractivity contribution in [1.82, 2.24) is 5.32 Å². The van der Waals surface area contributed by atoms with Crippen LogP contribution in [0.15, 0.2) is 65.8 Å². The third kappa shape index (κ3) is 6.27. The van der Waals surface area contributed by atoms with E-state index in [1.807, 2.05) is 24.3 Å². The molecule has 1 amide bonds. The number of hydrogen-bond donors (Lipinski definition) is 2. The monoisotopic (exact) mass is 401 g/mol. The van der Waals surface area contributed by atoms with Gasteiger partial charge in [0.25, 0.3) is 5.91 Å². The summed E-state index contributed by atoms with van der Waals surface area (Å²) in [6.07, 6.45) is 3.84. The zero-order valence-electron chi connectivity index (χ0n) is 15.0. The Bertz CT molecular complexity index is 904. The first kappa shape index (κ1) is 20.7. The first-order valence-electron chi connectivity index (χ1n) is 8.35. The fourth-order valence-corrected chi connectivity index (χ4v) is 2.76. The first-order chi connectivity index (χ1) is 12.9. The van der Waals surface area contributed by atoms with Crippen LogP contribution < -0.4 is 11.1 Å². The second-order valence-corrected chi connectivity index (χ2v) is 6.74. The average Bonchev–Trinajstić information content (AvgIpc) is 2.63. The van der Waals surface area contributed by atoms with Gasteiger partial charge in [-0.1, -0.05) is 54.0 Å². The Hall–Kier alpha value is -2.56. The van der Waals surface area contributed by atoms with Gasteiger partial charge in [-0.2, -0.15) is 0 Å². The molecule has 0 unspecified atom stereocenters. The van der Waals surface area contributed by atoms with Gasteiger partial charge in [0.2, 0.25) is 0 Å². The van der Waals surface area contributed by atoms with Crippen LogP contribution in [-0.4, -0.2) is 18.7 Å². The highest BCUT2D eigenvalue weighted by atomic mass is 35.5. The van der Waals surface area contributed by atoms with E-state index in [4.69, 9.17) is 28.9 Å². The van der Waals surface area contributed by atoms with Gasteiger partial charge < -0.3 is 11.1 Å². The quantitative estimate of drug-likeness (QED) is 0.649. The van der Waals surface area contributed by atoms with Crippen LogP contribution in [0.4, 0.5) is 0 Å². The molecule has 6 heteroatoms. The van der Waals surface area contributed by atoms with E-state index in [-0.39, 0.29) is 5.91 Å². The highest BCUT2D eigenvalue weighted by Gasteiger charge is 2.12. The molecule has 140 valence electrons. The molecule has 2 aromatic carbocycles. The Labute approximate surface area is 169 Å². The molecule has 27 heavy (non-hydrogen) atoms. The van der Waals surface area contributed by atoms with Crippen molar-refractivity contribution in [2.45, 2.75) is 13.3 Å². The third-order valence-electron chi connectivity index (χ3n) is 3.73. The van der Waals surface area contributed by atoms with Crippen molar-refractivity contribution in [1.29, 1.82) is 0 Å². The summed E-state index contributed by atoms with van der Waals surface area (Å²) in [5.41, 5.74) is 9.21. The van der Waals surface area contributed by atoms with E-state index in [9.17, 15) is 4.79 Å². The van der Waals surface area contributed by atoms with E-state index in [1.165, 1.54) is 0 Å². The molecule has 0 radical (unpaired) electrons. The maximum absolute atomic E-state index is 12.5. The fraction of sp³-hybridized carbons (Fsp3) is 0.143. The Morgan fingerprint density at radius 2 is 1.96 bits per heavy atom. The molecule has 0 saturated carbocycles. The number of carbonyl (C=O) groups is 1. The maximum Gasteiger partial charge on any atom is 0.252 e. The molecule has 0 fully saturated rings.